The average Bonchev–Trinajstić information content (AvgIpc) is 2.34. The van der Waals surface area contributed by atoms with Gasteiger partial charge in [0.2, 0.25) is 0 Å². The highest BCUT2D eigenvalue weighted by atomic mass is 15.1. The second-order valence-corrected chi connectivity index (χ2v) is 8.44. The molecule has 0 aromatic heterocycles. The summed E-state index contributed by atoms with van der Waals surface area (Å²) in [5.74, 6) is 0.890. The van der Waals surface area contributed by atoms with Gasteiger partial charge in [-0.2, -0.15) is 0 Å². The molecule has 0 heterocycles. The molecule has 0 amide bonds. The van der Waals surface area contributed by atoms with Crippen LogP contribution in [0.15, 0.2) is 0 Å². The second kappa shape index (κ2) is 7.26. The highest BCUT2D eigenvalue weighted by Gasteiger charge is 2.37. The molecule has 1 aliphatic carbocycles. The van der Waals surface area contributed by atoms with E-state index in [1.54, 1.807) is 0 Å². The largest absolute Gasteiger partial charge is 0.316 e. The molecule has 1 aliphatic rings. The van der Waals surface area contributed by atoms with Crippen molar-refractivity contribution in [3.05, 3.63) is 0 Å². The van der Waals surface area contributed by atoms with E-state index in [0.717, 1.165) is 12.5 Å². The van der Waals surface area contributed by atoms with Gasteiger partial charge < -0.3 is 10.2 Å². The summed E-state index contributed by atoms with van der Waals surface area (Å²) in [7, 11) is 2.32. The van der Waals surface area contributed by atoms with Gasteiger partial charge in [-0.3, -0.25) is 0 Å². The zero-order chi connectivity index (χ0) is 15.4. The molecule has 2 heteroatoms. The minimum Gasteiger partial charge on any atom is -0.316 e. The van der Waals surface area contributed by atoms with Crippen LogP contribution in [0.5, 0.6) is 0 Å². The molecular formula is C18H38N2. The average molecular weight is 283 g/mol. The van der Waals surface area contributed by atoms with Crippen molar-refractivity contribution in [2.45, 2.75) is 73.3 Å². The highest BCUT2D eigenvalue weighted by molar-refractivity contribution is 4.91. The number of rotatable bonds is 6. The Morgan fingerprint density at radius 3 is 2.50 bits per heavy atom. The third-order valence-corrected chi connectivity index (χ3v) is 5.43. The molecule has 0 aliphatic heterocycles. The lowest BCUT2D eigenvalue weighted by molar-refractivity contribution is 0.0472. The Bertz CT molecular complexity index is 282. The van der Waals surface area contributed by atoms with E-state index in [1.165, 1.54) is 38.8 Å². The molecule has 0 aromatic rings. The number of hydrogen-bond donors (Lipinski definition) is 1. The van der Waals surface area contributed by atoms with E-state index in [0.29, 0.717) is 16.9 Å². The molecule has 1 rings (SSSR count). The predicted octanol–water partition coefficient (Wildman–Crippen LogP) is 4.16. The first-order chi connectivity index (χ1) is 9.20. The molecule has 1 N–H and O–H groups in total. The minimum absolute atomic E-state index is 0.356. The van der Waals surface area contributed by atoms with Crippen LogP contribution in [0.3, 0.4) is 0 Å². The van der Waals surface area contributed by atoms with Gasteiger partial charge in [-0.25, -0.2) is 0 Å². The molecule has 3 unspecified atom stereocenters. The first-order valence-corrected chi connectivity index (χ1v) is 8.61. The van der Waals surface area contributed by atoms with Crippen molar-refractivity contribution in [2.24, 2.45) is 16.7 Å². The van der Waals surface area contributed by atoms with Crippen LogP contribution >= 0.6 is 0 Å². The van der Waals surface area contributed by atoms with Gasteiger partial charge in [0.05, 0.1) is 0 Å². The van der Waals surface area contributed by atoms with Crippen LogP contribution in [0.2, 0.25) is 0 Å². The second-order valence-electron chi connectivity index (χ2n) is 8.44. The lowest BCUT2D eigenvalue weighted by atomic mass is 9.69. The maximum atomic E-state index is 3.64. The molecule has 120 valence electrons. The first-order valence-electron chi connectivity index (χ1n) is 8.61. The Morgan fingerprint density at radius 2 is 2.00 bits per heavy atom. The van der Waals surface area contributed by atoms with E-state index in [2.05, 4.69) is 58.8 Å². The van der Waals surface area contributed by atoms with Crippen LogP contribution in [0.1, 0.15) is 67.2 Å². The molecular weight excluding hydrogens is 244 g/mol. The van der Waals surface area contributed by atoms with E-state index in [-0.39, 0.29) is 0 Å². The molecule has 1 saturated carbocycles. The molecule has 3 atom stereocenters. The smallest absolute Gasteiger partial charge is 0.0113 e. The van der Waals surface area contributed by atoms with Crippen LogP contribution in [0, 0.1) is 16.7 Å². The van der Waals surface area contributed by atoms with Gasteiger partial charge in [0.15, 0.2) is 0 Å². The Kier molecular flexibility index (Phi) is 6.53. The van der Waals surface area contributed by atoms with Gasteiger partial charge in [0.1, 0.15) is 0 Å². The van der Waals surface area contributed by atoms with Gasteiger partial charge in [-0.15, -0.1) is 0 Å². The highest BCUT2D eigenvalue weighted by Crippen LogP contribution is 2.40. The fourth-order valence-corrected chi connectivity index (χ4v) is 3.85. The number of nitrogens with one attached hydrogen (secondary N) is 1. The molecule has 20 heavy (non-hydrogen) atoms. The van der Waals surface area contributed by atoms with Crippen molar-refractivity contribution in [1.82, 2.24) is 10.2 Å². The van der Waals surface area contributed by atoms with Crippen molar-refractivity contribution in [1.29, 1.82) is 0 Å². The maximum absolute atomic E-state index is 3.64. The fraction of sp³-hybridized carbons (Fsp3) is 1.00. The predicted molar refractivity (Wildman–Crippen MR) is 90.2 cm³/mol. The summed E-state index contributed by atoms with van der Waals surface area (Å²) in [5, 5.41) is 3.64. The molecule has 0 aromatic carbocycles. The monoisotopic (exact) mass is 282 g/mol. The van der Waals surface area contributed by atoms with Crippen molar-refractivity contribution < 1.29 is 0 Å². The molecule has 0 bridgehead atoms. The number of hydrogen-bond acceptors (Lipinski definition) is 2. The maximum Gasteiger partial charge on any atom is 0.0113 e. The van der Waals surface area contributed by atoms with Crippen molar-refractivity contribution >= 4 is 0 Å². The summed E-state index contributed by atoms with van der Waals surface area (Å²) in [4.78, 5) is 2.61. The van der Waals surface area contributed by atoms with E-state index < -0.39 is 0 Å². The summed E-state index contributed by atoms with van der Waals surface area (Å²) < 4.78 is 0. The molecule has 0 saturated heterocycles. The van der Waals surface area contributed by atoms with Crippen LogP contribution in [-0.2, 0) is 0 Å². The minimum atomic E-state index is 0.356. The fourth-order valence-electron chi connectivity index (χ4n) is 3.85. The van der Waals surface area contributed by atoms with Crippen molar-refractivity contribution in [3.63, 3.8) is 0 Å². The summed E-state index contributed by atoms with van der Waals surface area (Å²) >= 11 is 0. The van der Waals surface area contributed by atoms with Crippen molar-refractivity contribution in [2.75, 3.05) is 26.7 Å². The molecule has 0 radical (unpaired) electrons. The summed E-state index contributed by atoms with van der Waals surface area (Å²) in [5.41, 5.74) is 0.844. The van der Waals surface area contributed by atoms with Crippen LogP contribution in [0.25, 0.3) is 0 Å². The third kappa shape index (κ3) is 5.04. The summed E-state index contributed by atoms with van der Waals surface area (Å²) in [6, 6.07) is 0.623. The Labute approximate surface area is 127 Å². The summed E-state index contributed by atoms with van der Waals surface area (Å²) in [6.07, 6.45) is 5.61. The van der Waals surface area contributed by atoms with E-state index in [1.807, 2.05) is 0 Å². The Balaban J connectivity index is 2.73. The van der Waals surface area contributed by atoms with E-state index >= 15 is 0 Å². The molecule has 2 nitrogen and oxygen atoms in total. The van der Waals surface area contributed by atoms with Gasteiger partial charge in [0.25, 0.3) is 0 Å². The SMILES string of the molecule is CCNCC1(CN(C)C(C)C(C)(C)C)CCCC(C)C1. The standard InChI is InChI=1S/C18H38N2/c1-8-19-13-18(11-9-10-15(2)12-18)14-20(7)16(3)17(4,5)6/h15-16,19H,8-14H2,1-7H3. The van der Waals surface area contributed by atoms with Gasteiger partial charge in [-0.1, -0.05) is 47.5 Å². The Morgan fingerprint density at radius 1 is 1.35 bits per heavy atom. The quantitative estimate of drug-likeness (QED) is 0.787. The molecule has 1 fully saturated rings. The summed E-state index contributed by atoms with van der Waals surface area (Å²) in [6.45, 7) is 17.6. The number of nitrogens with zero attached hydrogens (tertiary/aromatic N) is 1. The lowest BCUT2D eigenvalue weighted by Crippen LogP contribution is -2.50. The van der Waals surface area contributed by atoms with Gasteiger partial charge in [0, 0.05) is 19.1 Å². The third-order valence-electron chi connectivity index (χ3n) is 5.43. The normalized spacial score (nSPS) is 29.7. The van der Waals surface area contributed by atoms with Crippen LogP contribution in [-0.4, -0.2) is 37.6 Å². The zero-order valence-corrected chi connectivity index (χ0v) is 15.1. The van der Waals surface area contributed by atoms with E-state index in [9.17, 15) is 0 Å². The zero-order valence-electron chi connectivity index (χ0n) is 15.1. The topological polar surface area (TPSA) is 15.3 Å². The Hall–Kier alpha value is -0.0800. The van der Waals surface area contributed by atoms with Gasteiger partial charge in [-0.05, 0) is 50.1 Å². The first kappa shape index (κ1) is 18.0. The van der Waals surface area contributed by atoms with Gasteiger partial charge >= 0.3 is 0 Å². The lowest BCUT2D eigenvalue weighted by Gasteiger charge is -2.46. The van der Waals surface area contributed by atoms with Crippen LogP contribution in [0.4, 0.5) is 0 Å². The molecule has 0 spiro atoms. The van der Waals surface area contributed by atoms with Crippen molar-refractivity contribution in [3.8, 4) is 0 Å². The van der Waals surface area contributed by atoms with E-state index in [4.69, 9.17) is 0 Å². The van der Waals surface area contributed by atoms with Crippen LogP contribution < -0.4 is 5.32 Å².